The molecule has 0 aliphatic carbocycles. The molecule has 1 atom stereocenters. The van der Waals surface area contributed by atoms with Crippen LogP contribution in [0.1, 0.15) is 0 Å². The van der Waals surface area contributed by atoms with Gasteiger partial charge in [-0.1, -0.05) is 0 Å². The second-order valence-corrected chi connectivity index (χ2v) is 1.56. The molecule has 0 aromatic carbocycles. The molecule has 0 aromatic rings. The minimum atomic E-state index is -0.150. The Kier molecular flexibility index (Phi) is 0.982. The zero-order valence-electron chi connectivity index (χ0n) is 3.89. The van der Waals surface area contributed by atoms with Crippen molar-refractivity contribution in [1.82, 2.24) is 0 Å². The summed E-state index contributed by atoms with van der Waals surface area (Å²) in [4.78, 5) is 10.2. The van der Waals surface area contributed by atoms with Crippen molar-refractivity contribution in [2.45, 2.75) is 0 Å². The lowest BCUT2D eigenvalue weighted by Crippen LogP contribution is -2.39. The Hall–Kier alpha value is -0.570. The van der Waals surface area contributed by atoms with E-state index in [1.54, 1.807) is 0 Å². The number of carbonyl (C=O) groups is 1. The molecule has 40 valence electrons. The number of ether oxygens (including phenoxy) is 1. The lowest BCUT2D eigenvalue weighted by Gasteiger charge is -2.21. The Morgan fingerprint density at radius 1 is 2.00 bits per heavy atom. The molecule has 2 N–H and O–H groups in total. The van der Waals surface area contributed by atoms with Gasteiger partial charge in [0.2, 0.25) is 0 Å². The summed E-state index contributed by atoms with van der Waals surface area (Å²) >= 11 is 0. The summed E-state index contributed by atoms with van der Waals surface area (Å²) in [5.74, 6) is -0.150. The molecule has 1 unspecified atom stereocenters. The van der Waals surface area contributed by atoms with E-state index < -0.39 is 0 Å². The SMILES string of the molecule is NCC1COC1=O. The fourth-order valence-electron chi connectivity index (χ4n) is 0.433. The van der Waals surface area contributed by atoms with Gasteiger partial charge >= 0.3 is 5.97 Å². The molecule has 0 saturated carbocycles. The number of hydrogen-bond donors (Lipinski definition) is 1. The fourth-order valence-corrected chi connectivity index (χ4v) is 0.433. The standard InChI is InChI=1S/C4H7NO2/c5-1-3-2-7-4(3)6/h3H,1-2,5H2. The molecule has 0 amide bonds. The average Bonchev–Trinajstić information content (AvgIpc) is 1.65. The summed E-state index contributed by atoms with van der Waals surface area (Å²) in [7, 11) is 0. The van der Waals surface area contributed by atoms with Crippen LogP contribution >= 0.6 is 0 Å². The third-order valence-corrected chi connectivity index (χ3v) is 1.04. The first-order chi connectivity index (χ1) is 3.34. The second-order valence-electron chi connectivity index (χ2n) is 1.56. The number of cyclic esters (lactones) is 1. The van der Waals surface area contributed by atoms with Crippen LogP contribution in [0.5, 0.6) is 0 Å². The quantitative estimate of drug-likeness (QED) is 0.436. The lowest BCUT2D eigenvalue weighted by molar-refractivity contribution is -0.167. The van der Waals surface area contributed by atoms with E-state index in [1.165, 1.54) is 0 Å². The highest BCUT2D eigenvalue weighted by Gasteiger charge is 2.28. The molecular weight excluding hydrogens is 94.0 g/mol. The zero-order valence-corrected chi connectivity index (χ0v) is 3.89. The van der Waals surface area contributed by atoms with E-state index in [-0.39, 0.29) is 11.9 Å². The van der Waals surface area contributed by atoms with Crippen molar-refractivity contribution in [3.63, 3.8) is 0 Å². The Bertz CT molecular complexity index is 89.7. The molecule has 0 spiro atoms. The molecule has 1 aliphatic heterocycles. The van der Waals surface area contributed by atoms with Crippen molar-refractivity contribution in [3.8, 4) is 0 Å². The summed E-state index contributed by atoms with van der Waals surface area (Å²) in [5, 5.41) is 0. The monoisotopic (exact) mass is 101 g/mol. The van der Waals surface area contributed by atoms with Gasteiger partial charge in [0.05, 0.1) is 0 Å². The highest BCUT2D eigenvalue weighted by atomic mass is 16.6. The molecule has 1 heterocycles. The Balaban J connectivity index is 2.29. The molecule has 0 aromatic heterocycles. The predicted molar refractivity (Wildman–Crippen MR) is 23.5 cm³/mol. The van der Waals surface area contributed by atoms with Crippen LogP contribution in [-0.4, -0.2) is 19.1 Å². The molecular formula is C4H7NO2. The van der Waals surface area contributed by atoms with Crippen molar-refractivity contribution in [2.24, 2.45) is 11.7 Å². The van der Waals surface area contributed by atoms with Crippen LogP contribution in [0.15, 0.2) is 0 Å². The Morgan fingerprint density at radius 2 is 2.71 bits per heavy atom. The maximum absolute atomic E-state index is 10.2. The molecule has 7 heavy (non-hydrogen) atoms. The number of hydrogen-bond acceptors (Lipinski definition) is 3. The van der Waals surface area contributed by atoms with Crippen molar-refractivity contribution in [1.29, 1.82) is 0 Å². The summed E-state index contributed by atoms with van der Waals surface area (Å²) in [5.41, 5.74) is 5.12. The topological polar surface area (TPSA) is 52.3 Å². The van der Waals surface area contributed by atoms with Crippen LogP contribution in [-0.2, 0) is 9.53 Å². The van der Waals surface area contributed by atoms with Crippen LogP contribution in [0.3, 0.4) is 0 Å². The van der Waals surface area contributed by atoms with Gasteiger partial charge in [-0.05, 0) is 0 Å². The number of nitrogens with two attached hydrogens (primary N) is 1. The van der Waals surface area contributed by atoms with Gasteiger partial charge in [0.15, 0.2) is 0 Å². The minimum absolute atomic E-state index is 0.000000000000000222. The summed E-state index contributed by atoms with van der Waals surface area (Å²) in [6.45, 7) is 0.953. The molecule has 1 fully saturated rings. The van der Waals surface area contributed by atoms with Gasteiger partial charge in [-0.15, -0.1) is 0 Å². The van der Waals surface area contributed by atoms with Gasteiger partial charge in [-0.25, -0.2) is 0 Å². The van der Waals surface area contributed by atoms with E-state index in [1.807, 2.05) is 0 Å². The predicted octanol–water partition coefficient (Wildman–Crippen LogP) is -0.882. The van der Waals surface area contributed by atoms with Crippen molar-refractivity contribution < 1.29 is 9.53 Å². The van der Waals surface area contributed by atoms with Crippen molar-refractivity contribution in [3.05, 3.63) is 0 Å². The van der Waals surface area contributed by atoms with Crippen LogP contribution in [0.4, 0.5) is 0 Å². The van der Waals surface area contributed by atoms with E-state index in [0.29, 0.717) is 13.2 Å². The van der Waals surface area contributed by atoms with Crippen molar-refractivity contribution >= 4 is 5.97 Å². The molecule has 1 aliphatic rings. The van der Waals surface area contributed by atoms with Gasteiger partial charge in [0.25, 0.3) is 0 Å². The van der Waals surface area contributed by atoms with Gasteiger partial charge in [0.1, 0.15) is 12.5 Å². The van der Waals surface area contributed by atoms with Gasteiger partial charge in [-0.2, -0.15) is 0 Å². The highest BCUT2D eigenvalue weighted by molar-refractivity contribution is 5.77. The Labute approximate surface area is 41.4 Å². The number of esters is 1. The van der Waals surface area contributed by atoms with E-state index in [4.69, 9.17) is 5.73 Å². The van der Waals surface area contributed by atoms with Gasteiger partial charge in [0, 0.05) is 6.54 Å². The average molecular weight is 101 g/mol. The van der Waals surface area contributed by atoms with Gasteiger partial charge < -0.3 is 10.5 Å². The zero-order chi connectivity index (χ0) is 5.28. The lowest BCUT2D eigenvalue weighted by atomic mass is 10.1. The van der Waals surface area contributed by atoms with Gasteiger partial charge in [-0.3, -0.25) is 4.79 Å². The first-order valence-electron chi connectivity index (χ1n) is 2.21. The fraction of sp³-hybridized carbons (Fsp3) is 0.750. The smallest absolute Gasteiger partial charge is 0.313 e. The third kappa shape index (κ3) is 0.587. The minimum Gasteiger partial charge on any atom is -0.464 e. The number of rotatable bonds is 1. The van der Waals surface area contributed by atoms with Crippen LogP contribution in [0.2, 0.25) is 0 Å². The van der Waals surface area contributed by atoms with E-state index in [9.17, 15) is 4.79 Å². The summed E-state index contributed by atoms with van der Waals surface area (Å²) < 4.78 is 4.42. The van der Waals surface area contributed by atoms with E-state index >= 15 is 0 Å². The van der Waals surface area contributed by atoms with Crippen LogP contribution in [0, 0.1) is 5.92 Å². The number of carbonyl (C=O) groups excluding carboxylic acids is 1. The van der Waals surface area contributed by atoms with Crippen LogP contribution in [0.25, 0.3) is 0 Å². The first-order valence-corrected chi connectivity index (χ1v) is 2.21. The maximum Gasteiger partial charge on any atom is 0.313 e. The molecule has 0 radical (unpaired) electrons. The molecule has 3 nitrogen and oxygen atoms in total. The molecule has 1 rings (SSSR count). The normalized spacial score (nSPS) is 28.7. The molecule has 1 saturated heterocycles. The maximum atomic E-state index is 10.2. The first kappa shape index (κ1) is 4.59. The third-order valence-electron chi connectivity index (χ3n) is 1.04. The van der Waals surface area contributed by atoms with Crippen LogP contribution < -0.4 is 5.73 Å². The summed E-state index contributed by atoms with van der Waals surface area (Å²) in [6.07, 6.45) is 0. The van der Waals surface area contributed by atoms with E-state index in [2.05, 4.69) is 4.74 Å². The van der Waals surface area contributed by atoms with E-state index in [0.717, 1.165) is 0 Å². The highest BCUT2D eigenvalue weighted by Crippen LogP contribution is 2.08. The second kappa shape index (κ2) is 1.50. The molecule has 3 heteroatoms. The largest absolute Gasteiger partial charge is 0.464 e. The Morgan fingerprint density at radius 3 is 2.71 bits per heavy atom. The summed E-state index contributed by atoms with van der Waals surface area (Å²) in [6, 6.07) is 0. The van der Waals surface area contributed by atoms with Crippen molar-refractivity contribution in [2.75, 3.05) is 13.2 Å². The molecule has 0 bridgehead atoms.